The van der Waals surface area contributed by atoms with Gasteiger partial charge in [-0.15, -0.1) is 0 Å². The van der Waals surface area contributed by atoms with E-state index in [9.17, 15) is 4.79 Å². The van der Waals surface area contributed by atoms with E-state index in [2.05, 4.69) is 10.6 Å². The summed E-state index contributed by atoms with van der Waals surface area (Å²) in [5.41, 5.74) is 2.86. The minimum absolute atomic E-state index is 0.191. The quantitative estimate of drug-likeness (QED) is 0.792. The molecule has 4 rings (SSSR count). The second-order valence-corrected chi connectivity index (χ2v) is 6.89. The fourth-order valence-electron chi connectivity index (χ4n) is 3.23. The molecule has 0 spiro atoms. The highest BCUT2D eigenvalue weighted by Gasteiger charge is 2.21. The number of hydrogen-bond donors (Lipinski definition) is 2. The molecule has 0 radical (unpaired) electrons. The molecular weight excluding hydrogens is 362 g/mol. The van der Waals surface area contributed by atoms with E-state index >= 15 is 0 Å². The van der Waals surface area contributed by atoms with Gasteiger partial charge in [0.15, 0.2) is 16.6 Å². The van der Waals surface area contributed by atoms with Gasteiger partial charge >= 0.3 is 0 Å². The zero-order chi connectivity index (χ0) is 18.6. The number of nitrogens with zero attached hydrogens (tertiary/aromatic N) is 1. The van der Waals surface area contributed by atoms with Gasteiger partial charge in [0.1, 0.15) is 13.2 Å². The SMILES string of the molecule is O=C1CCCN1c1cccc(CNC(=S)Nc2ccc3c(c2)OCCO3)c1. The Hall–Kier alpha value is -2.80. The van der Waals surface area contributed by atoms with E-state index in [4.69, 9.17) is 21.7 Å². The molecular formula is C20H21N3O3S. The molecule has 2 aliphatic heterocycles. The predicted molar refractivity (Wildman–Crippen MR) is 109 cm³/mol. The maximum atomic E-state index is 11.9. The number of carbonyl (C=O) groups excluding carboxylic acids is 1. The summed E-state index contributed by atoms with van der Waals surface area (Å²) in [6, 6.07) is 13.6. The molecule has 27 heavy (non-hydrogen) atoms. The minimum Gasteiger partial charge on any atom is -0.486 e. The Morgan fingerprint density at radius 2 is 1.96 bits per heavy atom. The van der Waals surface area contributed by atoms with Gasteiger partial charge < -0.3 is 25.0 Å². The third kappa shape index (κ3) is 4.14. The molecule has 0 unspecified atom stereocenters. The second-order valence-electron chi connectivity index (χ2n) is 6.48. The van der Waals surface area contributed by atoms with Crippen molar-refractivity contribution in [2.24, 2.45) is 0 Å². The van der Waals surface area contributed by atoms with Gasteiger partial charge in [0.05, 0.1) is 0 Å². The maximum Gasteiger partial charge on any atom is 0.227 e. The van der Waals surface area contributed by atoms with Gasteiger partial charge in [-0.2, -0.15) is 0 Å². The Bertz CT molecular complexity index is 871. The van der Waals surface area contributed by atoms with Crippen molar-refractivity contribution in [3.05, 3.63) is 48.0 Å². The molecule has 0 atom stereocenters. The average molecular weight is 383 g/mol. The number of carbonyl (C=O) groups is 1. The van der Waals surface area contributed by atoms with Crippen molar-refractivity contribution >= 4 is 34.6 Å². The highest BCUT2D eigenvalue weighted by molar-refractivity contribution is 7.80. The summed E-state index contributed by atoms with van der Waals surface area (Å²) < 4.78 is 11.1. The van der Waals surface area contributed by atoms with E-state index in [1.807, 2.05) is 47.4 Å². The molecule has 140 valence electrons. The molecule has 0 saturated carbocycles. The van der Waals surface area contributed by atoms with Gasteiger partial charge in [-0.3, -0.25) is 4.79 Å². The van der Waals surface area contributed by atoms with E-state index in [0.29, 0.717) is 31.3 Å². The molecule has 2 heterocycles. The largest absolute Gasteiger partial charge is 0.486 e. The number of anilines is 2. The van der Waals surface area contributed by atoms with Crippen LogP contribution in [0.5, 0.6) is 11.5 Å². The van der Waals surface area contributed by atoms with Crippen LogP contribution in [-0.4, -0.2) is 30.8 Å². The first-order chi connectivity index (χ1) is 13.2. The van der Waals surface area contributed by atoms with Gasteiger partial charge in [-0.05, 0) is 48.5 Å². The third-order valence-corrected chi connectivity index (χ3v) is 4.80. The molecule has 0 aliphatic carbocycles. The van der Waals surface area contributed by atoms with Crippen LogP contribution in [0.25, 0.3) is 0 Å². The standard InChI is InChI=1S/C20H21N3O3S/c24-19-5-2-8-23(19)16-4-1-3-14(11-16)13-21-20(27)22-15-6-7-17-18(12-15)26-10-9-25-17/h1,3-4,6-7,11-12H,2,5,8-10,13H2,(H2,21,22,27). The first-order valence-corrected chi connectivity index (χ1v) is 9.44. The molecule has 1 saturated heterocycles. The van der Waals surface area contributed by atoms with Crippen molar-refractivity contribution in [2.45, 2.75) is 19.4 Å². The highest BCUT2D eigenvalue weighted by atomic mass is 32.1. The number of fused-ring (bicyclic) bond motifs is 1. The van der Waals surface area contributed by atoms with E-state index in [1.165, 1.54) is 0 Å². The number of amides is 1. The number of nitrogens with one attached hydrogen (secondary N) is 2. The molecule has 2 aliphatic rings. The first kappa shape index (κ1) is 17.6. The van der Waals surface area contributed by atoms with Gasteiger partial charge in [0.2, 0.25) is 5.91 Å². The number of benzene rings is 2. The highest BCUT2D eigenvalue weighted by Crippen LogP contribution is 2.32. The van der Waals surface area contributed by atoms with Crippen LogP contribution < -0.4 is 25.0 Å². The molecule has 1 fully saturated rings. The Labute approximate surface area is 163 Å². The average Bonchev–Trinajstić information content (AvgIpc) is 3.12. The molecule has 0 bridgehead atoms. The lowest BCUT2D eigenvalue weighted by Crippen LogP contribution is -2.28. The molecule has 6 nitrogen and oxygen atoms in total. The summed E-state index contributed by atoms with van der Waals surface area (Å²) in [4.78, 5) is 13.8. The fourth-order valence-corrected chi connectivity index (χ4v) is 3.42. The summed E-state index contributed by atoms with van der Waals surface area (Å²) >= 11 is 5.39. The Kier molecular flexibility index (Phi) is 5.11. The van der Waals surface area contributed by atoms with Crippen LogP contribution in [0.2, 0.25) is 0 Å². The lowest BCUT2D eigenvalue weighted by molar-refractivity contribution is -0.117. The number of thiocarbonyl (C=S) groups is 1. The first-order valence-electron chi connectivity index (χ1n) is 9.03. The lowest BCUT2D eigenvalue weighted by atomic mass is 10.2. The fraction of sp³-hybridized carbons (Fsp3) is 0.300. The molecule has 2 N–H and O–H groups in total. The molecule has 0 aromatic heterocycles. The van der Waals surface area contributed by atoms with Crippen LogP contribution in [0.3, 0.4) is 0 Å². The van der Waals surface area contributed by atoms with E-state index in [-0.39, 0.29) is 5.91 Å². The zero-order valence-corrected chi connectivity index (χ0v) is 15.7. The topological polar surface area (TPSA) is 62.8 Å². The Balaban J connectivity index is 1.35. The Morgan fingerprint density at radius 3 is 2.78 bits per heavy atom. The van der Waals surface area contributed by atoms with E-state index in [1.54, 1.807) is 0 Å². The number of hydrogen-bond acceptors (Lipinski definition) is 4. The van der Waals surface area contributed by atoms with Crippen LogP contribution in [-0.2, 0) is 11.3 Å². The summed E-state index contributed by atoms with van der Waals surface area (Å²) in [6.45, 7) is 2.49. The Morgan fingerprint density at radius 1 is 1.11 bits per heavy atom. The molecule has 2 aromatic rings. The van der Waals surface area contributed by atoms with E-state index < -0.39 is 0 Å². The van der Waals surface area contributed by atoms with Crippen molar-refractivity contribution in [1.29, 1.82) is 0 Å². The summed E-state index contributed by atoms with van der Waals surface area (Å²) in [6.07, 6.45) is 1.55. The van der Waals surface area contributed by atoms with Crippen LogP contribution in [0.1, 0.15) is 18.4 Å². The second kappa shape index (κ2) is 7.84. The van der Waals surface area contributed by atoms with Crippen LogP contribution >= 0.6 is 12.2 Å². The lowest BCUT2D eigenvalue weighted by Gasteiger charge is -2.19. The number of ether oxygens (including phenoxy) is 2. The van der Waals surface area contributed by atoms with E-state index in [0.717, 1.165) is 41.4 Å². The van der Waals surface area contributed by atoms with Crippen molar-refractivity contribution in [3.63, 3.8) is 0 Å². The molecule has 7 heteroatoms. The van der Waals surface area contributed by atoms with Crippen molar-refractivity contribution in [2.75, 3.05) is 30.0 Å². The van der Waals surface area contributed by atoms with Crippen molar-refractivity contribution < 1.29 is 14.3 Å². The molecule has 2 aromatic carbocycles. The third-order valence-electron chi connectivity index (χ3n) is 4.55. The molecule has 1 amide bonds. The van der Waals surface area contributed by atoms with Crippen LogP contribution in [0.15, 0.2) is 42.5 Å². The van der Waals surface area contributed by atoms with Crippen LogP contribution in [0.4, 0.5) is 11.4 Å². The predicted octanol–water partition coefficient (Wildman–Crippen LogP) is 3.07. The van der Waals surface area contributed by atoms with Crippen molar-refractivity contribution in [1.82, 2.24) is 5.32 Å². The number of rotatable bonds is 4. The normalized spacial score (nSPS) is 15.6. The van der Waals surface area contributed by atoms with Gasteiger partial charge in [-0.1, -0.05) is 12.1 Å². The smallest absolute Gasteiger partial charge is 0.227 e. The summed E-state index contributed by atoms with van der Waals surface area (Å²) in [5.74, 6) is 1.66. The summed E-state index contributed by atoms with van der Waals surface area (Å²) in [7, 11) is 0. The van der Waals surface area contributed by atoms with Gasteiger partial charge in [0.25, 0.3) is 0 Å². The summed E-state index contributed by atoms with van der Waals surface area (Å²) in [5, 5.41) is 6.88. The zero-order valence-electron chi connectivity index (χ0n) is 14.9. The monoisotopic (exact) mass is 383 g/mol. The van der Waals surface area contributed by atoms with Gasteiger partial charge in [0, 0.05) is 37.0 Å². The van der Waals surface area contributed by atoms with Crippen LogP contribution in [0, 0.1) is 0 Å². The maximum absolute atomic E-state index is 11.9. The van der Waals surface area contributed by atoms with Crippen molar-refractivity contribution in [3.8, 4) is 11.5 Å². The van der Waals surface area contributed by atoms with Gasteiger partial charge in [-0.25, -0.2) is 0 Å². The minimum atomic E-state index is 0.191.